The summed E-state index contributed by atoms with van der Waals surface area (Å²) in [6.45, 7) is 7.77. The standard InChI is InChI=1S/C25H46O6/c1-5-9-10-11-12-13-14-15-16-17-18-19-20-25(23(27)30-7-3,24(28)31-8-4)21-22(26)29-6-2/h5-21H2,1-4H3. The lowest BCUT2D eigenvalue weighted by atomic mass is 9.79. The number of unbranched alkanes of at least 4 members (excludes halogenated alkanes) is 11. The van der Waals surface area contributed by atoms with Crippen molar-refractivity contribution in [2.45, 2.75) is 118 Å². The predicted molar refractivity (Wildman–Crippen MR) is 123 cm³/mol. The second-order valence-corrected chi connectivity index (χ2v) is 8.14. The van der Waals surface area contributed by atoms with E-state index < -0.39 is 23.3 Å². The number of carbonyl (C=O) groups is 3. The van der Waals surface area contributed by atoms with Crippen molar-refractivity contribution in [1.29, 1.82) is 0 Å². The molecule has 0 bridgehead atoms. The van der Waals surface area contributed by atoms with Gasteiger partial charge in [-0.1, -0.05) is 84.0 Å². The molecule has 0 fully saturated rings. The predicted octanol–water partition coefficient (Wildman–Crippen LogP) is 6.14. The summed E-state index contributed by atoms with van der Waals surface area (Å²) < 4.78 is 15.3. The van der Waals surface area contributed by atoms with Crippen LogP contribution in [0.15, 0.2) is 0 Å². The highest BCUT2D eigenvalue weighted by Crippen LogP contribution is 2.34. The molecule has 0 spiro atoms. The lowest BCUT2D eigenvalue weighted by Crippen LogP contribution is -2.44. The van der Waals surface area contributed by atoms with Crippen LogP contribution in [0.1, 0.15) is 118 Å². The topological polar surface area (TPSA) is 78.9 Å². The van der Waals surface area contributed by atoms with E-state index >= 15 is 0 Å². The molecule has 0 aliphatic rings. The maximum atomic E-state index is 12.7. The molecule has 0 aliphatic heterocycles. The zero-order valence-corrected chi connectivity index (χ0v) is 20.5. The van der Waals surface area contributed by atoms with Crippen molar-refractivity contribution in [2.24, 2.45) is 5.41 Å². The van der Waals surface area contributed by atoms with Crippen molar-refractivity contribution in [2.75, 3.05) is 19.8 Å². The van der Waals surface area contributed by atoms with Crippen LogP contribution in [0.5, 0.6) is 0 Å². The Morgan fingerprint density at radius 1 is 0.548 bits per heavy atom. The first kappa shape index (κ1) is 29.4. The van der Waals surface area contributed by atoms with Gasteiger partial charge < -0.3 is 14.2 Å². The van der Waals surface area contributed by atoms with E-state index in [4.69, 9.17) is 14.2 Å². The van der Waals surface area contributed by atoms with Crippen LogP contribution in [-0.2, 0) is 28.6 Å². The average Bonchev–Trinajstić information content (AvgIpc) is 2.74. The molecule has 0 aromatic rings. The Morgan fingerprint density at radius 2 is 0.935 bits per heavy atom. The molecule has 0 aliphatic carbocycles. The van der Waals surface area contributed by atoms with Gasteiger partial charge in [0.15, 0.2) is 5.41 Å². The van der Waals surface area contributed by atoms with Crippen molar-refractivity contribution in [3.63, 3.8) is 0 Å². The monoisotopic (exact) mass is 442 g/mol. The van der Waals surface area contributed by atoms with Crippen LogP contribution < -0.4 is 0 Å². The Bertz CT molecular complexity index is 470. The van der Waals surface area contributed by atoms with E-state index in [2.05, 4.69) is 6.92 Å². The summed E-state index contributed by atoms with van der Waals surface area (Å²) in [5.41, 5.74) is -1.61. The minimum absolute atomic E-state index is 0.140. The molecule has 31 heavy (non-hydrogen) atoms. The molecule has 0 atom stereocenters. The summed E-state index contributed by atoms with van der Waals surface area (Å²) >= 11 is 0. The highest BCUT2D eigenvalue weighted by Gasteiger charge is 2.50. The zero-order chi connectivity index (χ0) is 23.4. The molecule has 0 rings (SSSR count). The van der Waals surface area contributed by atoms with Gasteiger partial charge in [0.25, 0.3) is 0 Å². The van der Waals surface area contributed by atoms with E-state index in [-0.39, 0.29) is 32.7 Å². The summed E-state index contributed by atoms with van der Waals surface area (Å²) in [5.74, 6) is -1.96. The number of rotatable bonds is 20. The van der Waals surface area contributed by atoms with Crippen LogP contribution in [0.3, 0.4) is 0 Å². The summed E-state index contributed by atoms with van der Waals surface area (Å²) in [7, 11) is 0. The molecule has 6 heteroatoms. The minimum atomic E-state index is -1.61. The van der Waals surface area contributed by atoms with Gasteiger partial charge in [-0.3, -0.25) is 14.4 Å². The van der Waals surface area contributed by atoms with Gasteiger partial charge in [0.2, 0.25) is 0 Å². The van der Waals surface area contributed by atoms with Gasteiger partial charge in [-0.05, 0) is 27.2 Å². The lowest BCUT2D eigenvalue weighted by Gasteiger charge is -2.28. The molecule has 0 amide bonds. The molecule has 182 valence electrons. The first-order chi connectivity index (χ1) is 15.0. The third kappa shape index (κ3) is 12.8. The van der Waals surface area contributed by atoms with Crippen LogP contribution in [0.4, 0.5) is 0 Å². The highest BCUT2D eigenvalue weighted by atomic mass is 16.6. The molecule has 0 radical (unpaired) electrons. The second kappa shape index (κ2) is 19.1. The van der Waals surface area contributed by atoms with E-state index in [1.807, 2.05) is 0 Å². The smallest absolute Gasteiger partial charge is 0.324 e. The van der Waals surface area contributed by atoms with Crippen molar-refractivity contribution in [1.82, 2.24) is 0 Å². The average molecular weight is 443 g/mol. The maximum Gasteiger partial charge on any atom is 0.324 e. The van der Waals surface area contributed by atoms with Gasteiger partial charge in [-0.2, -0.15) is 0 Å². The SMILES string of the molecule is CCCCCCCCCCCCCCC(CC(=O)OCC)(C(=O)OCC)C(=O)OCC. The van der Waals surface area contributed by atoms with Gasteiger partial charge in [0.1, 0.15) is 0 Å². The third-order valence-electron chi connectivity index (χ3n) is 5.54. The second-order valence-electron chi connectivity index (χ2n) is 8.14. The summed E-state index contributed by atoms with van der Waals surface area (Å²) in [6, 6.07) is 0. The zero-order valence-electron chi connectivity index (χ0n) is 20.5. The van der Waals surface area contributed by atoms with Crippen molar-refractivity contribution >= 4 is 17.9 Å². The fraction of sp³-hybridized carbons (Fsp3) is 0.880. The van der Waals surface area contributed by atoms with Crippen LogP contribution in [0.25, 0.3) is 0 Å². The van der Waals surface area contributed by atoms with Crippen LogP contribution >= 0.6 is 0 Å². The molecule has 0 saturated carbocycles. The van der Waals surface area contributed by atoms with E-state index in [9.17, 15) is 14.4 Å². The molecule has 0 aromatic carbocycles. The van der Waals surface area contributed by atoms with Crippen molar-refractivity contribution in [3.05, 3.63) is 0 Å². The first-order valence-corrected chi connectivity index (χ1v) is 12.5. The van der Waals surface area contributed by atoms with Crippen molar-refractivity contribution < 1.29 is 28.6 Å². The summed E-state index contributed by atoms with van der Waals surface area (Å²) in [4.78, 5) is 37.6. The van der Waals surface area contributed by atoms with E-state index in [0.29, 0.717) is 6.42 Å². The van der Waals surface area contributed by atoms with Gasteiger partial charge in [0, 0.05) is 0 Å². The van der Waals surface area contributed by atoms with Crippen molar-refractivity contribution in [3.8, 4) is 0 Å². The quantitative estimate of drug-likeness (QED) is 0.0974. The van der Waals surface area contributed by atoms with E-state index in [1.165, 1.54) is 51.4 Å². The fourth-order valence-electron chi connectivity index (χ4n) is 3.78. The Hall–Kier alpha value is -1.59. The third-order valence-corrected chi connectivity index (χ3v) is 5.54. The molecule has 0 unspecified atom stereocenters. The molecule has 0 aromatic heterocycles. The maximum absolute atomic E-state index is 12.7. The molecule has 6 nitrogen and oxygen atoms in total. The van der Waals surface area contributed by atoms with Gasteiger partial charge in [-0.15, -0.1) is 0 Å². The van der Waals surface area contributed by atoms with Gasteiger partial charge in [-0.25, -0.2) is 0 Å². The van der Waals surface area contributed by atoms with Crippen LogP contribution in [0.2, 0.25) is 0 Å². The summed E-state index contributed by atoms with van der Waals surface area (Å²) in [5, 5.41) is 0. The van der Waals surface area contributed by atoms with E-state index in [0.717, 1.165) is 19.3 Å². The largest absolute Gasteiger partial charge is 0.466 e. The number of hydrogen-bond donors (Lipinski definition) is 0. The van der Waals surface area contributed by atoms with E-state index in [1.54, 1.807) is 20.8 Å². The Kier molecular flexibility index (Phi) is 18.1. The summed E-state index contributed by atoms with van der Waals surface area (Å²) in [6.07, 6.45) is 14.1. The number of hydrogen-bond acceptors (Lipinski definition) is 6. The highest BCUT2D eigenvalue weighted by molar-refractivity contribution is 6.03. The lowest BCUT2D eigenvalue weighted by molar-refractivity contribution is -0.177. The van der Waals surface area contributed by atoms with Crippen LogP contribution in [-0.4, -0.2) is 37.7 Å². The molecule has 0 heterocycles. The minimum Gasteiger partial charge on any atom is -0.466 e. The first-order valence-electron chi connectivity index (χ1n) is 12.5. The number of ether oxygens (including phenoxy) is 3. The molecular formula is C25H46O6. The Balaban J connectivity index is 4.57. The Labute approximate surface area is 189 Å². The van der Waals surface area contributed by atoms with Gasteiger partial charge >= 0.3 is 17.9 Å². The number of carbonyl (C=O) groups excluding carboxylic acids is 3. The Morgan fingerprint density at radius 3 is 1.32 bits per heavy atom. The molecule has 0 N–H and O–H groups in total. The van der Waals surface area contributed by atoms with Crippen LogP contribution in [0, 0.1) is 5.41 Å². The molecule has 0 saturated heterocycles. The molecular weight excluding hydrogens is 396 g/mol. The fourth-order valence-corrected chi connectivity index (χ4v) is 3.78. The van der Waals surface area contributed by atoms with Gasteiger partial charge in [0.05, 0.1) is 26.2 Å². The normalized spacial score (nSPS) is 11.2. The number of esters is 3.